The van der Waals surface area contributed by atoms with Crippen molar-refractivity contribution in [2.75, 3.05) is 0 Å². The lowest BCUT2D eigenvalue weighted by Gasteiger charge is -2.19. The molecule has 0 fully saturated rings. The maximum Gasteiger partial charge on any atom is 0.197 e. The molecule has 0 saturated carbocycles. The molecule has 0 radical (unpaired) electrons. The molecule has 0 amide bonds. The molecule has 0 aliphatic heterocycles. The fourth-order valence-corrected chi connectivity index (χ4v) is 6.72. The maximum atomic E-state index is 9.85. The van der Waals surface area contributed by atoms with Gasteiger partial charge in [0.05, 0.1) is 18.2 Å². The second-order valence-electron chi connectivity index (χ2n) is 11.6. The standard InChI is InChI=1S/C44H26N4/c1-46-42-20-22-48-28-41(42)32-12-8-13-33(24-32)43-36-15-5-6-16-37(36)44(39-25-30(17-18-38(39)43)29-9-3-2-4-10-29)34-14-7-11-31(23-34)40-27-47-21-19-35(40)26-45/h2-25,27-28H. The second-order valence-corrected chi connectivity index (χ2v) is 11.6. The fraction of sp³-hybridized carbons (Fsp3) is 0. The number of hydrogen-bond acceptors (Lipinski definition) is 3. The SMILES string of the molecule is [C-]#[N+]c1ccncc1-c1cccc(-c2c3ccccc3c(-c3cccc(-c4cnccc4C#N)c3)c3cc(-c4ccccc4)ccc23)c1. The molecule has 2 heterocycles. The van der Waals surface area contributed by atoms with Crippen molar-refractivity contribution in [2.45, 2.75) is 0 Å². The van der Waals surface area contributed by atoms with Crippen molar-refractivity contribution in [1.82, 2.24) is 9.97 Å². The van der Waals surface area contributed by atoms with E-state index in [2.05, 4.69) is 124 Å². The van der Waals surface area contributed by atoms with Crippen LogP contribution in [-0.2, 0) is 0 Å². The van der Waals surface area contributed by atoms with Crippen molar-refractivity contribution in [1.29, 1.82) is 5.26 Å². The van der Waals surface area contributed by atoms with Crippen LogP contribution in [0.1, 0.15) is 5.56 Å². The van der Waals surface area contributed by atoms with Gasteiger partial charge in [-0.25, -0.2) is 4.85 Å². The molecule has 0 aliphatic rings. The van der Waals surface area contributed by atoms with Gasteiger partial charge in [-0.05, 0) is 96.4 Å². The smallest absolute Gasteiger partial charge is 0.197 e. The molecule has 0 saturated heterocycles. The molecule has 2 aromatic heterocycles. The van der Waals surface area contributed by atoms with Crippen LogP contribution < -0.4 is 0 Å². The lowest BCUT2D eigenvalue weighted by atomic mass is 9.84. The number of benzene rings is 6. The zero-order valence-corrected chi connectivity index (χ0v) is 25.8. The minimum Gasteiger partial charge on any atom is -0.267 e. The minimum atomic E-state index is 0.577. The van der Waals surface area contributed by atoms with Gasteiger partial charge >= 0.3 is 0 Å². The van der Waals surface area contributed by atoms with E-state index in [0.29, 0.717) is 11.3 Å². The first-order valence-corrected chi connectivity index (χ1v) is 15.6. The fourth-order valence-electron chi connectivity index (χ4n) is 6.72. The van der Waals surface area contributed by atoms with Crippen molar-refractivity contribution in [3.05, 3.63) is 175 Å². The summed E-state index contributed by atoms with van der Waals surface area (Å²) in [6.45, 7) is 7.73. The van der Waals surface area contributed by atoms with Gasteiger partial charge in [0.2, 0.25) is 0 Å². The highest BCUT2D eigenvalue weighted by Gasteiger charge is 2.19. The Kier molecular flexibility index (Phi) is 7.23. The molecule has 8 aromatic rings. The quantitative estimate of drug-likeness (QED) is 0.144. The largest absolute Gasteiger partial charge is 0.267 e. The van der Waals surface area contributed by atoms with E-state index in [-0.39, 0.29) is 0 Å². The van der Waals surface area contributed by atoms with E-state index in [4.69, 9.17) is 6.57 Å². The number of aromatic nitrogens is 2. The summed E-state index contributed by atoms with van der Waals surface area (Å²) in [6, 6.07) is 48.4. The highest BCUT2D eigenvalue weighted by molar-refractivity contribution is 6.22. The monoisotopic (exact) mass is 610 g/mol. The number of nitrogens with zero attached hydrogens (tertiary/aromatic N) is 4. The predicted octanol–water partition coefficient (Wildman–Crippen LogP) is 11.5. The van der Waals surface area contributed by atoms with E-state index >= 15 is 0 Å². The number of nitriles is 1. The van der Waals surface area contributed by atoms with Crippen molar-refractivity contribution in [3.8, 4) is 61.7 Å². The molecular formula is C44H26N4. The molecule has 0 aliphatic carbocycles. The first kappa shape index (κ1) is 28.6. The molecule has 4 heteroatoms. The third-order valence-corrected chi connectivity index (χ3v) is 8.92. The number of fused-ring (bicyclic) bond motifs is 2. The summed E-state index contributed by atoms with van der Waals surface area (Å²) in [4.78, 5) is 12.4. The van der Waals surface area contributed by atoms with Crippen LogP contribution in [0.4, 0.5) is 5.69 Å². The zero-order chi connectivity index (χ0) is 32.5. The van der Waals surface area contributed by atoms with E-state index in [1.165, 1.54) is 0 Å². The third kappa shape index (κ3) is 4.95. The Bertz CT molecular complexity index is 2590. The van der Waals surface area contributed by atoms with Crippen molar-refractivity contribution in [2.24, 2.45) is 0 Å². The topological polar surface area (TPSA) is 53.9 Å². The van der Waals surface area contributed by atoms with E-state index in [1.807, 2.05) is 18.2 Å². The molecule has 0 atom stereocenters. The zero-order valence-electron chi connectivity index (χ0n) is 25.8. The van der Waals surface area contributed by atoms with Crippen molar-refractivity contribution in [3.63, 3.8) is 0 Å². The minimum absolute atomic E-state index is 0.577. The summed E-state index contributed by atoms with van der Waals surface area (Å²) >= 11 is 0. The van der Waals surface area contributed by atoms with Gasteiger partial charge in [-0.1, -0.05) is 103 Å². The van der Waals surface area contributed by atoms with E-state index in [9.17, 15) is 5.26 Å². The summed E-state index contributed by atoms with van der Waals surface area (Å²) in [6.07, 6.45) is 6.85. The average molecular weight is 611 g/mol. The Labute approximate surface area is 278 Å². The molecular weight excluding hydrogens is 585 g/mol. The van der Waals surface area contributed by atoms with Gasteiger partial charge in [0.1, 0.15) is 0 Å². The van der Waals surface area contributed by atoms with Crippen LogP contribution in [0.5, 0.6) is 0 Å². The lowest BCUT2D eigenvalue weighted by molar-refractivity contribution is 1.31. The van der Waals surface area contributed by atoms with Gasteiger partial charge in [-0.2, -0.15) is 5.26 Å². The highest BCUT2D eigenvalue weighted by Crippen LogP contribution is 2.46. The molecule has 8 rings (SSSR count). The Hall–Kier alpha value is -6.88. The van der Waals surface area contributed by atoms with Crippen molar-refractivity contribution < 1.29 is 0 Å². The molecule has 0 N–H and O–H groups in total. The van der Waals surface area contributed by atoms with Crippen LogP contribution >= 0.6 is 0 Å². The van der Waals surface area contributed by atoms with Crippen LogP contribution in [0.2, 0.25) is 0 Å². The summed E-state index contributed by atoms with van der Waals surface area (Å²) in [5, 5.41) is 14.4. The highest BCUT2D eigenvalue weighted by atomic mass is 14.7. The molecule has 0 spiro atoms. The van der Waals surface area contributed by atoms with Gasteiger partial charge in [-0.3, -0.25) is 9.97 Å². The molecule has 0 bridgehead atoms. The van der Waals surface area contributed by atoms with Gasteiger partial charge in [0, 0.05) is 35.9 Å². The third-order valence-electron chi connectivity index (χ3n) is 8.92. The number of rotatable bonds is 5. The Morgan fingerprint density at radius 2 is 1.04 bits per heavy atom. The van der Waals surface area contributed by atoms with Gasteiger partial charge in [-0.15, -0.1) is 0 Å². The Balaban J connectivity index is 1.44. The Morgan fingerprint density at radius 3 is 1.73 bits per heavy atom. The second kappa shape index (κ2) is 12.1. The average Bonchev–Trinajstić information content (AvgIpc) is 3.17. The lowest BCUT2D eigenvalue weighted by Crippen LogP contribution is -1.93. The number of hydrogen-bond donors (Lipinski definition) is 0. The molecule has 0 unspecified atom stereocenters. The molecule has 222 valence electrons. The van der Waals surface area contributed by atoms with Crippen LogP contribution in [0.15, 0.2) is 158 Å². The summed E-state index contributed by atoms with van der Waals surface area (Å²) in [5.41, 5.74) is 11.3. The molecule has 4 nitrogen and oxygen atoms in total. The maximum absolute atomic E-state index is 9.85. The van der Waals surface area contributed by atoms with Gasteiger partial charge in [0.25, 0.3) is 0 Å². The number of pyridine rings is 2. The predicted molar refractivity (Wildman–Crippen MR) is 195 cm³/mol. The summed E-state index contributed by atoms with van der Waals surface area (Å²) in [7, 11) is 0. The summed E-state index contributed by atoms with van der Waals surface area (Å²) in [5.74, 6) is 0. The van der Waals surface area contributed by atoms with E-state index in [1.54, 1.807) is 36.9 Å². The Morgan fingerprint density at radius 1 is 0.479 bits per heavy atom. The molecule has 48 heavy (non-hydrogen) atoms. The van der Waals surface area contributed by atoms with E-state index in [0.717, 1.165) is 77.2 Å². The van der Waals surface area contributed by atoms with E-state index < -0.39 is 0 Å². The normalized spacial score (nSPS) is 10.9. The molecule has 6 aromatic carbocycles. The van der Waals surface area contributed by atoms with Crippen molar-refractivity contribution >= 4 is 27.2 Å². The van der Waals surface area contributed by atoms with Gasteiger partial charge in [0.15, 0.2) is 5.69 Å². The van der Waals surface area contributed by atoms with Crippen LogP contribution in [0.3, 0.4) is 0 Å². The van der Waals surface area contributed by atoms with Gasteiger partial charge < -0.3 is 0 Å². The summed E-state index contributed by atoms with van der Waals surface area (Å²) < 4.78 is 0. The first-order chi connectivity index (χ1) is 23.7. The van der Waals surface area contributed by atoms with Crippen LogP contribution in [0.25, 0.3) is 82.0 Å². The first-order valence-electron chi connectivity index (χ1n) is 15.6. The van der Waals surface area contributed by atoms with Crippen LogP contribution in [0, 0.1) is 17.9 Å². The van der Waals surface area contributed by atoms with Crippen LogP contribution in [-0.4, -0.2) is 9.97 Å².